The lowest BCUT2D eigenvalue weighted by Gasteiger charge is -2.05. The minimum atomic E-state index is -0.356. The maximum absolute atomic E-state index is 12.8. The molecule has 2 aromatic carbocycles. The third kappa shape index (κ3) is 32.8. The molecule has 1 aliphatic heterocycles. The fourth-order valence-electron chi connectivity index (χ4n) is 7.65. The molecule has 11 nitrogen and oxygen atoms in total. The molecule has 0 fully saturated rings. The molecule has 1 amide bonds. The number of nitrogens with two attached hydrogens (primary N) is 1. The third-order valence-electron chi connectivity index (χ3n) is 10.7. The van der Waals surface area contributed by atoms with Crippen molar-refractivity contribution in [1.82, 2.24) is 34.5 Å². The minimum absolute atomic E-state index is 0.0579. The molecule has 0 unspecified atom stereocenters. The van der Waals surface area contributed by atoms with Gasteiger partial charge in [0.15, 0.2) is 0 Å². The van der Waals surface area contributed by atoms with Gasteiger partial charge in [0.25, 0.3) is 0 Å². The Kier molecular flexibility index (Phi) is 32.7. The molecule has 0 saturated carbocycles. The first-order valence-corrected chi connectivity index (χ1v) is 26.7. The molecule has 74 heavy (non-hydrogen) atoms. The molecule has 1 aliphatic rings. The Morgan fingerprint density at radius 2 is 1.20 bits per heavy atom. The molecular formula is C62H96FN9O2. The number of pyridine rings is 1. The molecule has 4 aromatic heterocycles. The van der Waals surface area contributed by atoms with Crippen molar-refractivity contribution in [2.75, 3.05) is 6.54 Å². The number of carbonyl (C=O) groups excluding carboxylic acids is 1. The number of imidazole rings is 1. The van der Waals surface area contributed by atoms with E-state index in [0.29, 0.717) is 29.2 Å². The lowest BCUT2D eigenvalue weighted by Crippen LogP contribution is -2.15. The van der Waals surface area contributed by atoms with Crippen molar-refractivity contribution in [3.05, 3.63) is 171 Å². The molecule has 7 rings (SSSR count). The van der Waals surface area contributed by atoms with Gasteiger partial charge in [0.1, 0.15) is 5.82 Å². The first-order valence-electron chi connectivity index (χ1n) is 26.7. The highest BCUT2D eigenvalue weighted by molar-refractivity contribution is 5.92. The Hall–Kier alpha value is -6.17. The number of carbonyl (C=O) groups is 1. The van der Waals surface area contributed by atoms with E-state index in [1.165, 1.54) is 45.5 Å². The largest absolute Gasteiger partial charge is 0.366 e. The summed E-state index contributed by atoms with van der Waals surface area (Å²) in [6, 6.07) is 16.4. The monoisotopic (exact) mass is 1020 g/mol. The van der Waals surface area contributed by atoms with Gasteiger partial charge in [0.05, 0.1) is 25.3 Å². The summed E-state index contributed by atoms with van der Waals surface area (Å²) in [5.74, 6) is 4.35. The number of primary amides is 1. The van der Waals surface area contributed by atoms with Crippen molar-refractivity contribution < 1.29 is 9.18 Å². The minimum Gasteiger partial charge on any atom is -0.366 e. The van der Waals surface area contributed by atoms with Gasteiger partial charge in [-0.1, -0.05) is 127 Å². The highest BCUT2D eigenvalue weighted by Crippen LogP contribution is 2.15. The lowest BCUT2D eigenvalue weighted by molar-refractivity contribution is 0.1000. The number of aryl methyl sites for hydroxylation is 3. The summed E-state index contributed by atoms with van der Waals surface area (Å²) in [7, 11) is 3.73. The van der Waals surface area contributed by atoms with Crippen molar-refractivity contribution in [1.29, 1.82) is 0 Å². The van der Waals surface area contributed by atoms with Crippen LogP contribution in [0, 0.1) is 54.2 Å². The zero-order valence-electron chi connectivity index (χ0n) is 48.5. The number of hydrogen-bond acceptors (Lipinski definition) is 6. The maximum atomic E-state index is 12.8. The molecular weight excluding hydrogens is 922 g/mol. The van der Waals surface area contributed by atoms with E-state index < -0.39 is 0 Å². The zero-order valence-corrected chi connectivity index (χ0v) is 48.5. The van der Waals surface area contributed by atoms with Gasteiger partial charge in [-0.05, 0) is 157 Å². The fraction of sp³-hybridized carbons (Fsp3) is 0.516. The molecule has 0 radical (unpaired) electrons. The van der Waals surface area contributed by atoms with Gasteiger partial charge in [-0.3, -0.25) is 24.4 Å². The van der Waals surface area contributed by atoms with Gasteiger partial charge in [0.2, 0.25) is 11.5 Å². The Morgan fingerprint density at radius 1 is 0.649 bits per heavy atom. The highest BCUT2D eigenvalue weighted by atomic mass is 19.1. The summed E-state index contributed by atoms with van der Waals surface area (Å²) in [6.45, 7) is 33.4. The smallest absolute Gasteiger partial charge is 0.250 e. The molecule has 12 heteroatoms. The van der Waals surface area contributed by atoms with Crippen LogP contribution in [-0.4, -0.2) is 53.2 Å². The second kappa shape index (κ2) is 36.7. The Balaban J connectivity index is 0.000000434. The normalized spacial score (nSPS) is 11.4. The molecule has 6 aromatic rings. The Morgan fingerprint density at radius 3 is 1.66 bits per heavy atom. The van der Waals surface area contributed by atoms with E-state index in [1.807, 2.05) is 85.3 Å². The molecule has 0 bridgehead atoms. The SMILES string of the molecule is CC(C)CC1=CC=NC1.CC(C)Cc1ccc(=O)n(C)c1.CC(C)Cc1cccc(C(N)=O)c1.CC(C)Cc1cn[nH]c1.CC(C)Cc1cnc[nH]1.CC(C)Cc1cnn(C)c1.Cc1cc(CC(C)C)ccc1F. The van der Waals surface area contributed by atoms with E-state index in [2.05, 4.69) is 139 Å². The third-order valence-corrected chi connectivity index (χ3v) is 10.7. The number of aliphatic imine (C=N–C) groups is 1. The van der Waals surface area contributed by atoms with Crippen molar-refractivity contribution in [3.8, 4) is 0 Å². The van der Waals surface area contributed by atoms with E-state index in [4.69, 9.17) is 5.73 Å². The summed E-state index contributed by atoms with van der Waals surface area (Å²) in [4.78, 5) is 33.0. The summed E-state index contributed by atoms with van der Waals surface area (Å²) in [6.07, 6.45) is 25.0. The van der Waals surface area contributed by atoms with Crippen molar-refractivity contribution in [3.63, 3.8) is 0 Å². The van der Waals surface area contributed by atoms with Crippen LogP contribution in [0.5, 0.6) is 0 Å². The molecule has 4 N–H and O–H groups in total. The first kappa shape index (κ1) is 65.8. The maximum Gasteiger partial charge on any atom is 0.250 e. The van der Waals surface area contributed by atoms with Gasteiger partial charge >= 0.3 is 0 Å². The van der Waals surface area contributed by atoms with Crippen LogP contribution in [0.15, 0.2) is 120 Å². The van der Waals surface area contributed by atoms with E-state index in [9.17, 15) is 14.0 Å². The van der Waals surface area contributed by atoms with E-state index in [0.717, 1.165) is 68.4 Å². The zero-order chi connectivity index (χ0) is 55.8. The second-order valence-corrected chi connectivity index (χ2v) is 22.3. The number of benzene rings is 2. The highest BCUT2D eigenvalue weighted by Gasteiger charge is 2.05. The van der Waals surface area contributed by atoms with Crippen LogP contribution in [0.4, 0.5) is 4.39 Å². The van der Waals surface area contributed by atoms with Gasteiger partial charge in [0, 0.05) is 62.4 Å². The number of hydrogen-bond donors (Lipinski definition) is 3. The fourth-order valence-corrected chi connectivity index (χ4v) is 7.65. The number of nitrogens with zero attached hydrogens (tertiary/aromatic N) is 6. The molecule has 5 heterocycles. The number of aromatic nitrogens is 7. The summed E-state index contributed by atoms with van der Waals surface area (Å²) < 4.78 is 16.3. The molecule has 0 atom stereocenters. The molecule has 0 saturated heterocycles. The van der Waals surface area contributed by atoms with Crippen LogP contribution in [0.1, 0.15) is 153 Å². The first-order chi connectivity index (χ1) is 34.8. The summed E-state index contributed by atoms with van der Waals surface area (Å²) in [5, 5.41) is 10.7. The second-order valence-electron chi connectivity index (χ2n) is 22.3. The quantitative estimate of drug-likeness (QED) is 0.0935. The van der Waals surface area contributed by atoms with Gasteiger partial charge in [-0.2, -0.15) is 10.2 Å². The van der Waals surface area contributed by atoms with E-state index >= 15 is 0 Å². The topological polar surface area (TPSA) is 153 Å². The Labute approximate surface area is 446 Å². The lowest BCUT2D eigenvalue weighted by atomic mass is 10.0. The van der Waals surface area contributed by atoms with Crippen molar-refractivity contribution in [2.45, 2.75) is 149 Å². The number of rotatable bonds is 15. The Bertz CT molecular complexity index is 2470. The molecule has 0 spiro atoms. The number of amides is 1. The van der Waals surface area contributed by atoms with Gasteiger partial charge in [-0.15, -0.1) is 0 Å². The van der Waals surface area contributed by atoms with Crippen LogP contribution < -0.4 is 11.3 Å². The average molecular weight is 1020 g/mol. The number of nitrogens with one attached hydrogen (secondary N) is 2. The van der Waals surface area contributed by atoms with E-state index in [1.54, 1.807) is 43.1 Å². The number of allylic oxidation sites excluding steroid dienone is 1. The van der Waals surface area contributed by atoms with Crippen LogP contribution >= 0.6 is 0 Å². The van der Waals surface area contributed by atoms with Crippen LogP contribution in [0.3, 0.4) is 0 Å². The molecule has 0 aliphatic carbocycles. The van der Waals surface area contributed by atoms with Crippen molar-refractivity contribution >= 4 is 12.1 Å². The van der Waals surface area contributed by atoms with Crippen LogP contribution in [0.2, 0.25) is 0 Å². The van der Waals surface area contributed by atoms with Gasteiger partial charge in [-0.25, -0.2) is 9.37 Å². The molecule has 408 valence electrons. The average Bonchev–Trinajstić information content (AvgIpc) is 4.16. The standard InChI is InChI=1S/C11H15F.C11H15NO.C10H15NO.C8H14N2.C8H13N.2C7H12N2/c1-8(2)6-10-4-5-11(12)9(3)7-10;1-8(2)6-9-4-3-5-10(7-9)11(12)13;1-8(2)6-9-4-5-10(12)11(3)7-9;1-7(2)4-8-5-9-10(3)6-8;1-7(2)5-8-3-4-9-6-8;1-6(2)3-7-4-8-5-9-7;1-6(2)3-7-4-8-9-5-7/h4-5,7-8H,6H2,1-3H3;3-5,7-8H,6H2,1-2H3,(H2,12,13);4-5,7-8H,6H2,1-3H3;5-7H,4H2,1-3H3;3-4,7H,5-6H2,1-2H3;2*4-6H,3H2,1-2H3,(H,8,9). The number of H-pyrrole nitrogens is 2. The number of aromatic amines is 2. The predicted octanol–water partition coefficient (Wildman–Crippen LogP) is 13.8. The van der Waals surface area contributed by atoms with Crippen LogP contribution in [-0.2, 0) is 52.6 Å². The van der Waals surface area contributed by atoms with E-state index in [-0.39, 0.29) is 17.3 Å². The van der Waals surface area contributed by atoms with Crippen molar-refractivity contribution in [2.24, 2.45) is 66.2 Å². The summed E-state index contributed by atoms with van der Waals surface area (Å²) >= 11 is 0. The van der Waals surface area contributed by atoms with Crippen LogP contribution in [0.25, 0.3) is 0 Å². The number of halogens is 1. The van der Waals surface area contributed by atoms with Gasteiger partial charge < -0.3 is 15.3 Å². The summed E-state index contributed by atoms with van der Waals surface area (Å²) in [5.41, 5.74) is 15.5. The predicted molar refractivity (Wildman–Crippen MR) is 310 cm³/mol.